The quantitative estimate of drug-likeness (QED) is 0.452. The van der Waals surface area contributed by atoms with Gasteiger partial charge in [-0.15, -0.1) is 0 Å². The number of nitrogens with one attached hydrogen (secondary N) is 3. The Balaban J connectivity index is 1.27. The zero-order chi connectivity index (χ0) is 26.5. The molecule has 3 atom stereocenters. The summed E-state index contributed by atoms with van der Waals surface area (Å²) in [6.07, 6.45) is 13.9. The van der Waals surface area contributed by atoms with E-state index in [-0.39, 0.29) is 23.6 Å². The first-order valence-electron chi connectivity index (χ1n) is 14.2. The van der Waals surface area contributed by atoms with Gasteiger partial charge < -0.3 is 15.2 Å². The van der Waals surface area contributed by atoms with E-state index in [9.17, 15) is 18.0 Å². The van der Waals surface area contributed by atoms with Gasteiger partial charge in [-0.05, 0) is 61.1 Å². The van der Waals surface area contributed by atoms with Crippen LogP contribution in [0.25, 0.3) is 0 Å². The highest BCUT2D eigenvalue weighted by Gasteiger charge is 2.40. The average Bonchev–Trinajstić information content (AvgIpc) is 3.58. The molecule has 0 bridgehead atoms. The lowest BCUT2D eigenvalue weighted by Gasteiger charge is -2.32. The summed E-state index contributed by atoms with van der Waals surface area (Å²) in [4.78, 5) is 32.1. The number of aromatic nitrogens is 1. The SMILES string of the molecule is O=C(NC1CCc2c[nH]cc2C1)C1CCCN1C(=O)[C@H](CC1CCCCC1)NS(=O)(=O)Cc1ccccc1. The third kappa shape index (κ3) is 6.67. The van der Waals surface area contributed by atoms with E-state index in [1.165, 1.54) is 17.5 Å². The van der Waals surface area contributed by atoms with Crippen LogP contribution < -0.4 is 10.0 Å². The van der Waals surface area contributed by atoms with Crippen molar-refractivity contribution in [1.82, 2.24) is 19.9 Å². The number of hydrogen-bond donors (Lipinski definition) is 3. The number of benzene rings is 1. The van der Waals surface area contributed by atoms with Crippen molar-refractivity contribution < 1.29 is 18.0 Å². The van der Waals surface area contributed by atoms with Gasteiger partial charge in [0.05, 0.1) is 5.75 Å². The smallest absolute Gasteiger partial charge is 0.243 e. The van der Waals surface area contributed by atoms with Gasteiger partial charge in [0.2, 0.25) is 21.8 Å². The van der Waals surface area contributed by atoms with E-state index in [0.29, 0.717) is 30.9 Å². The number of fused-ring (bicyclic) bond motifs is 1. The van der Waals surface area contributed by atoms with E-state index in [1.807, 2.05) is 30.6 Å². The molecular formula is C29H40N4O4S. The molecule has 0 radical (unpaired) electrons. The number of H-pyrrole nitrogens is 1. The van der Waals surface area contributed by atoms with Gasteiger partial charge in [-0.3, -0.25) is 9.59 Å². The van der Waals surface area contributed by atoms with Crippen molar-refractivity contribution in [3.63, 3.8) is 0 Å². The fourth-order valence-corrected chi connectivity index (χ4v) is 7.82. The van der Waals surface area contributed by atoms with E-state index >= 15 is 0 Å². The highest BCUT2D eigenvalue weighted by molar-refractivity contribution is 7.88. The molecule has 0 spiro atoms. The van der Waals surface area contributed by atoms with E-state index < -0.39 is 22.1 Å². The van der Waals surface area contributed by atoms with Gasteiger partial charge in [-0.1, -0.05) is 62.4 Å². The molecule has 2 aromatic rings. The minimum atomic E-state index is -3.74. The topological polar surface area (TPSA) is 111 Å². The predicted octanol–water partition coefficient (Wildman–Crippen LogP) is 3.44. The lowest BCUT2D eigenvalue weighted by atomic mass is 9.84. The monoisotopic (exact) mass is 540 g/mol. The standard InChI is InChI=1S/C29H40N4O4S/c34-28(31-25-14-13-23-18-30-19-24(23)17-25)27-12-7-15-33(27)29(35)26(16-21-8-3-1-4-9-21)32-38(36,37)20-22-10-5-2-6-11-22/h2,5-6,10-11,18-19,21,25-27,30,32H,1,3-4,7-9,12-17,20H2,(H,31,34)/t25?,26-,27?/m0/s1. The number of carbonyl (C=O) groups is 2. The summed E-state index contributed by atoms with van der Waals surface area (Å²) in [5.41, 5.74) is 3.23. The summed E-state index contributed by atoms with van der Waals surface area (Å²) in [5, 5.41) is 3.19. The maximum absolute atomic E-state index is 13.9. The Morgan fingerprint density at radius 2 is 1.74 bits per heavy atom. The first kappa shape index (κ1) is 26.9. The summed E-state index contributed by atoms with van der Waals surface area (Å²) < 4.78 is 29.1. The second-order valence-corrected chi connectivity index (χ2v) is 13.1. The molecular weight excluding hydrogens is 500 g/mol. The van der Waals surface area contributed by atoms with Gasteiger partial charge in [0.1, 0.15) is 12.1 Å². The molecule has 1 aliphatic heterocycles. The van der Waals surface area contributed by atoms with Crippen molar-refractivity contribution in [2.45, 2.75) is 94.5 Å². The minimum absolute atomic E-state index is 0.0470. The molecule has 3 aliphatic rings. The number of likely N-dealkylation sites (tertiary alicyclic amines) is 1. The Hall–Kier alpha value is -2.65. The van der Waals surface area contributed by atoms with Crippen LogP contribution in [0.15, 0.2) is 42.7 Å². The molecule has 5 rings (SSSR count). The highest BCUT2D eigenvalue weighted by Crippen LogP contribution is 2.29. The average molecular weight is 541 g/mol. The summed E-state index contributed by atoms with van der Waals surface area (Å²) in [7, 11) is -3.74. The Bertz CT molecular complexity index is 1210. The van der Waals surface area contributed by atoms with Gasteiger partial charge in [-0.2, -0.15) is 0 Å². The second-order valence-electron chi connectivity index (χ2n) is 11.3. The Labute approximate surface area is 226 Å². The van der Waals surface area contributed by atoms with E-state index in [1.54, 1.807) is 17.0 Å². The van der Waals surface area contributed by atoms with Gasteiger partial charge >= 0.3 is 0 Å². The number of amides is 2. The third-order valence-electron chi connectivity index (χ3n) is 8.45. The van der Waals surface area contributed by atoms with Crippen LogP contribution in [0.1, 0.15) is 74.5 Å². The van der Waals surface area contributed by atoms with Crippen molar-refractivity contribution in [3.05, 3.63) is 59.4 Å². The molecule has 1 saturated heterocycles. The zero-order valence-electron chi connectivity index (χ0n) is 22.0. The molecule has 206 valence electrons. The first-order chi connectivity index (χ1) is 18.4. The fourth-order valence-electron chi connectivity index (χ4n) is 6.48. The molecule has 2 aliphatic carbocycles. The van der Waals surface area contributed by atoms with Crippen LogP contribution in [0.3, 0.4) is 0 Å². The van der Waals surface area contributed by atoms with E-state index in [4.69, 9.17) is 0 Å². The van der Waals surface area contributed by atoms with Crippen LogP contribution in [-0.4, -0.2) is 54.8 Å². The van der Waals surface area contributed by atoms with Crippen molar-refractivity contribution in [2.24, 2.45) is 5.92 Å². The molecule has 1 aromatic carbocycles. The molecule has 2 heterocycles. The number of carbonyl (C=O) groups excluding carboxylic acids is 2. The summed E-state index contributed by atoms with van der Waals surface area (Å²) in [6.45, 7) is 0.477. The van der Waals surface area contributed by atoms with Crippen LogP contribution in [-0.2, 0) is 38.2 Å². The lowest BCUT2D eigenvalue weighted by Crippen LogP contribution is -2.55. The fraction of sp³-hybridized carbons (Fsp3) is 0.586. The Morgan fingerprint density at radius 3 is 2.53 bits per heavy atom. The number of sulfonamides is 1. The molecule has 8 nitrogen and oxygen atoms in total. The summed E-state index contributed by atoms with van der Waals surface area (Å²) in [6, 6.07) is 7.67. The second kappa shape index (κ2) is 12.0. The van der Waals surface area contributed by atoms with Crippen molar-refractivity contribution >= 4 is 21.8 Å². The molecule has 2 amide bonds. The minimum Gasteiger partial charge on any atom is -0.367 e. The number of aromatic amines is 1. The Kier molecular flexibility index (Phi) is 8.53. The zero-order valence-corrected chi connectivity index (χ0v) is 22.8. The maximum Gasteiger partial charge on any atom is 0.243 e. The summed E-state index contributed by atoms with van der Waals surface area (Å²) >= 11 is 0. The van der Waals surface area contributed by atoms with Gasteiger partial charge in [0.15, 0.2) is 0 Å². The number of hydrogen-bond acceptors (Lipinski definition) is 4. The molecule has 1 aromatic heterocycles. The van der Waals surface area contributed by atoms with Crippen LogP contribution in [0.2, 0.25) is 0 Å². The van der Waals surface area contributed by atoms with Crippen LogP contribution in [0.5, 0.6) is 0 Å². The van der Waals surface area contributed by atoms with Gasteiger partial charge in [0.25, 0.3) is 0 Å². The van der Waals surface area contributed by atoms with Crippen LogP contribution >= 0.6 is 0 Å². The molecule has 2 fully saturated rings. The largest absolute Gasteiger partial charge is 0.367 e. The van der Waals surface area contributed by atoms with E-state index in [0.717, 1.165) is 51.4 Å². The third-order valence-corrected chi connectivity index (χ3v) is 9.81. The predicted molar refractivity (Wildman–Crippen MR) is 147 cm³/mol. The van der Waals surface area contributed by atoms with E-state index in [2.05, 4.69) is 15.0 Å². The lowest BCUT2D eigenvalue weighted by molar-refractivity contribution is -0.140. The van der Waals surface area contributed by atoms with Crippen molar-refractivity contribution in [1.29, 1.82) is 0 Å². The van der Waals surface area contributed by atoms with Crippen molar-refractivity contribution in [2.75, 3.05) is 6.54 Å². The number of aryl methyl sites for hydroxylation is 1. The van der Waals surface area contributed by atoms with Gasteiger partial charge in [0, 0.05) is 25.0 Å². The first-order valence-corrected chi connectivity index (χ1v) is 15.8. The van der Waals surface area contributed by atoms with Crippen molar-refractivity contribution in [3.8, 4) is 0 Å². The Morgan fingerprint density at radius 1 is 0.974 bits per heavy atom. The van der Waals surface area contributed by atoms with Crippen LogP contribution in [0, 0.1) is 5.92 Å². The summed E-state index contributed by atoms with van der Waals surface area (Å²) in [5.74, 6) is -0.246. The number of nitrogens with zero attached hydrogens (tertiary/aromatic N) is 1. The molecule has 9 heteroatoms. The highest BCUT2D eigenvalue weighted by atomic mass is 32.2. The molecule has 3 N–H and O–H groups in total. The molecule has 2 unspecified atom stereocenters. The molecule has 1 saturated carbocycles. The number of rotatable bonds is 9. The van der Waals surface area contributed by atoms with Crippen LogP contribution in [0.4, 0.5) is 0 Å². The normalized spacial score (nSPS) is 23.1. The maximum atomic E-state index is 13.9. The molecule has 38 heavy (non-hydrogen) atoms. The van der Waals surface area contributed by atoms with Gasteiger partial charge in [-0.25, -0.2) is 13.1 Å².